The number of ketones is 1. The van der Waals surface area contributed by atoms with E-state index in [1.807, 2.05) is 0 Å². The first-order chi connectivity index (χ1) is 12.9. The lowest BCUT2D eigenvalue weighted by molar-refractivity contribution is -0.907. The molecule has 1 aromatic rings. The van der Waals surface area contributed by atoms with Gasteiger partial charge in [0.25, 0.3) is 11.6 Å². The predicted octanol–water partition coefficient (Wildman–Crippen LogP) is -0.206. The first-order valence-electron chi connectivity index (χ1n) is 8.81. The number of non-ortho nitro benzene ring substituents is 1. The molecule has 144 valence electrons. The van der Waals surface area contributed by atoms with Crippen LogP contribution in [0.3, 0.4) is 0 Å². The standard InChI is InChI=1S/C18H21N3O6/c1-12(22)15-16(13-2-4-14(5-3-13)21(25)26)20(18(24)17(15)23)7-6-19-8-10-27-11-9-19/h2-5,16,23H,6-11H2,1H3/p+1/t16-/m0/s1. The van der Waals surface area contributed by atoms with Crippen LogP contribution in [-0.2, 0) is 14.3 Å². The van der Waals surface area contributed by atoms with Gasteiger partial charge in [0.15, 0.2) is 11.5 Å². The zero-order valence-electron chi connectivity index (χ0n) is 15.0. The average molecular weight is 376 g/mol. The zero-order valence-corrected chi connectivity index (χ0v) is 15.0. The molecule has 0 unspecified atom stereocenters. The molecule has 2 aliphatic rings. The highest BCUT2D eigenvalue weighted by molar-refractivity contribution is 6.08. The fourth-order valence-corrected chi connectivity index (χ4v) is 3.56. The number of morpholine rings is 1. The smallest absolute Gasteiger partial charge is 0.290 e. The van der Waals surface area contributed by atoms with Gasteiger partial charge in [-0.15, -0.1) is 0 Å². The third kappa shape index (κ3) is 3.83. The average Bonchev–Trinajstić information content (AvgIpc) is 2.92. The van der Waals surface area contributed by atoms with Gasteiger partial charge in [-0.1, -0.05) is 0 Å². The van der Waals surface area contributed by atoms with Crippen molar-refractivity contribution in [2.45, 2.75) is 13.0 Å². The first kappa shape index (κ1) is 19.0. The van der Waals surface area contributed by atoms with Crippen molar-refractivity contribution in [2.75, 3.05) is 39.4 Å². The van der Waals surface area contributed by atoms with Crippen LogP contribution in [0.4, 0.5) is 5.69 Å². The number of nitro benzene ring substituents is 1. The summed E-state index contributed by atoms with van der Waals surface area (Å²) < 4.78 is 5.33. The molecular weight excluding hydrogens is 354 g/mol. The number of rotatable bonds is 6. The van der Waals surface area contributed by atoms with Gasteiger partial charge in [-0.05, 0) is 24.6 Å². The normalized spacial score (nSPS) is 21.0. The molecule has 9 heteroatoms. The van der Waals surface area contributed by atoms with Crippen LogP contribution >= 0.6 is 0 Å². The summed E-state index contributed by atoms with van der Waals surface area (Å²) in [4.78, 5) is 37.8. The summed E-state index contributed by atoms with van der Waals surface area (Å²) in [6.45, 7) is 5.32. The van der Waals surface area contributed by atoms with E-state index in [2.05, 4.69) is 0 Å². The fourth-order valence-electron chi connectivity index (χ4n) is 3.56. The molecule has 0 spiro atoms. The lowest BCUT2D eigenvalue weighted by Gasteiger charge is -2.29. The fraction of sp³-hybridized carbons (Fsp3) is 0.444. The summed E-state index contributed by atoms with van der Waals surface area (Å²) in [6, 6.07) is 4.96. The number of benzene rings is 1. The number of carbonyl (C=O) groups excluding carboxylic acids is 2. The maximum Gasteiger partial charge on any atom is 0.290 e. The van der Waals surface area contributed by atoms with Crippen LogP contribution in [0.15, 0.2) is 35.6 Å². The number of hydrogen-bond acceptors (Lipinski definition) is 6. The minimum absolute atomic E-state index is 0.0332. The Kier molecular flexibility index (Phi) is 5.52. The third-order valence-corrected chi connectivity index (χ3v) is 5.01. The number of aliphatic hydroxyl groups excluding tert-OH is 1. The monoisotopic (exact) mass is 376 g/mol. The molecular formula is C18H22N3O6+. The SMILES string of the molecule is CC(=O)C1=C(O)C(=O)N(CC[NH+]2CCOCC2)[C@H]1c1ccc([N+](=O)[O-])cc1. The van der Waals surface area contributed by atoms with Crippen LogP contribution in [0.2, 0.25) is 0 Å². The summed E-state index contributed by atoms with van der Waals surface area (Å²) in [5, 5.41) is 21.1. The van der Waals surface area contributed by atoms with Crippen molar-refractivity contribution in [2.24, 2.45) is 0 Å². The second-order valence-corrected chi connectivity index (χ2v) is 6.68. The molecule has 9 nitrogen and oxygen atoms in total. The second-order valence-electron chi connectivity index (χ2n) is 6.68. The summed E-state index contributed by atoms with van der Waals surface area (Å²) >= 11 is 0. The van der Waals surface area contributed by atoms with E-state index in [1.165, 1.54) is 41.0 Å². The van der Waals surface area contributed by atoms with Crippen molar-refractivity contribution in [3.05, 3.63) is 51.3 Å². The molecule has 1 amide bonds. The van der Waals surface area contributed by atoms with E-state index in [-0.39, 0.29) is 11.3 Å². The molecule has 1 atom stereocenters. The van der Waals surface area contributed by atoms with E-state index in [4.69, 9.17) is 4.74 Å². The predicted molar refractivity (Wildman–Crippen MR) is 94.3 cm³/mol. The van der Waals surface area contributed by atoms with Crippen molar-refractivity contribution in [1.29, 1.82) is 0 Å². The third-order valence-electron chi connectivity index (χ3n) is 5.01. The number of ether oxygens (including phenoxy) is 1. The largest absolute Gasteiger partial charge is 0.503 e. The molecule has 0 aliphatic carbocycles. The highest BCUT2D eigenvalue weighted by Crippen LogP contribution is 2.37. The minimum atomic E-state index is -0.740. The highest BCUT2D eigenvalue weighted by Gasteiger charge is 2.42. The summed E-state index contributed by atoms with van der Waals surface area (Å²) in [5.74, 6) is -1.52. The number of hydrogen-bond donors (Lipinski definition) is 2. The number of carbonyl (C=O) groups is 2. The number of aliphatic hydroxyl groups is 1. The van der Waals surface area contributed by atoms with Crippen LogP contribution in [0, 0.1) is 10.1 Å². The number of quaternary nitrogens is 1. The number of nitrogens with zero attached hydrogens (tertiary/aromatic N) is 2. The molecule has 0 bridgehead atoms. The molecule has 0 aromatic heterocycles. The van der Waals surface area contributed by atoms with Crippen LogP contribution in [-0.4, -0.2) is 66.0 Å². The maximum absolute atomic E-state index is 12.6. The quantitative estimate of drug-likeness (QED) is 0.525. The number of Topliss-reactive ketones (excluding diaryl/α,β-unsaturated/α-hetero) is 1. The zero-order chi connectivity index (χ0) is 19.6. The van der Waals surface area contributed by atoms with Crippen LogP contribution < -0.4 is 4.90 Å². The van der Waals surface area contributed by atoms with Crippen molar-refractivity contribution >= 4 is 17.4 Å². The second kappa shape index (κ2) is 7.85. The molecule has 2 heterocycles. The maximum atomic E-state index is 12.6. The Morgan fingerprint density at radius 1 is 1.33 bits per heavy atom. The van der Waals surface area contributed by atoms with Crippen molar-refractivity contribution in [3.63, 3.8) is 0 Å². The van der Waals surface area contributed by atoms with Gasteiger partial charge in [0, 0.05) is 12.1 Å². The Labute approximate surface area is 156 Å². The van der Waals surface area contributed by atoms with E-state index in [0.29, 0.717) is 31.9 Å². The molecule has 2 N–H and O–H groups in total. The lowest BCUT2D eigenvalue weighted by Crippen LogP contribution is -3.14. The summed E-state index contributed by atoms with van der Waals surface area (Å²) in [7, 11) is 0. The lowest BCUT2D eigenvalue weighted by atomic mass is 9.96. The van der Waals surface area contributed by atoms with Gasteiger partial charge >= 0.3 is 0 Å². The Morgan fingerprint density at radius 3 is 2.52 bits per heavy atom. The van der Waals surface area contributed by atoms with Gasteiger partial charge in [0.05, 0.1) is 42.8 Å². The van der Waals surface area contributed by atoms with E-state index in [0.717, 1.165) is 13.1 Å². The van der Waals surface area contributed by atoms with Gasteiger partial charge in [-0.2, -0.15) is 0 Å². The molecule has 1 fully saturated rings. The van der Waals surface area contributed by atoms with E-state index in [1.54, 1.807) is 0 Å². The highest BCUT2D eigenvalue weighted by atomic mass is 16.6. The van der Waals surface area contributed by atoms with Crippen LogP contribution in [0.1, 0.15) is 18.5 Å². The Bertz CT molecular complexity index is 783. The van der Waals surface area contributed by atoms with E-state index in [9.17, 15) is 24.8 Å². The molecule has 27 heavy (non-hydrogen) atoms. The van der Waals surface area contributed by atoms with Crippen molar-refractivity contribution in [3.8, 4) is 0 Å². The molecule has 0 saturated carbocycles. The minimum Gasteiger partial charge on any atom is -0.503 e. The number of nitrogens with one attached hydrogen (secondary N) is 1. The Hall–Kier alpha value is -2.78. The van der Waals surface area contributed by atoms with Crippen molar-refractivity contribution < 1.29 is 29.3 Å². The number of nitro groups is 1. The van der Waals surface area contributed by atoms with Gasteiger partial charge in [0.1, 0.15) is 13.1 Å². The molecule has 1 saturated heterocycles. The van der Waals surface area contributed by atoms with Crippen LogP contribution in [0.25, 0.3) is 0 Å². The van der Waals surface area contributed by atoms with Gasteiger partial charge in [-0.25, -0.2) is 0 Å². The molecule has 2 aliphatic heterocycles. The van der Waals surface area contributed by atoms with Crippen LogP contribution in [0.5, 0.6) is 0 Å². The molecule has 3 rings (SSSR count). The van der Waals surface area contributed by atoms with Gasteiger partial charge in [0.2, 0.25) is 0 Å². The number of amides is 1. The summed E-state index contributed by atoms with van der Waals surface area (Å²) in [5.41, 5.74) is 0.510. The first-order valence-corrected chi connectivity index (χ1v) is 8.81. The Balaban J connectivity index is 1.87. The van der Waals surface area contributed by atoms with E-state index >= 15 is 0 Å². The summed E-state index contributed by atoms with van der Waals surface area (Å²) in [6.07, 6.45) is 0. The van der Waals surface area contributed by atoms with Gasteiger partial charge in [-0.3, -0.25) is 19.7 Å². The Morgan fingerprint density at radius 2 is 1.96 bits per heavy atom. The van der Waals surface area contributed by atoms with E-state index < -0.39 is 28.4 Å². The van der Waals surface area contributed by atoms with Gasteiger partial charge < -0.3 is 19.6 Å². The molecule has 0 radical (unpaired) electrons. The van der Waals surface area contributed by atoms with Crippen molar-refractivity contribution in [1.82, 2.24) is 4.90 Å². The topological polar surface area (TPSA) is 114 Å². The molecule has 1 aromatic carbocycles.